The Hall–Kier alpha value is -3.03. The largest absolute Gasteiger partial charge is 0.370 e. The highest BCUT2D eigenvalue weighted by atomic mass is 16.5. The number of nitrogens with one attached hydrogen (secondary N) is 2. The lowest BCUT2D eigenvalue weighted by Gasteiger charge is -2.28. The second kappa shape index (κ2) is 9.45. The molecule has 29 heavy (non-hydrogen) atoms. The van der Waals surface area contributed by atoms with Crippen molar-refractivity contribution in [1.82, 2.24) is 20.1 Å². The molecule has 0 saturated carbocycles. The molecule has 1 aliphatic rings. The predicted molar refractivity (Wildman–Crippen MR) is 109 cm³/mol. The van der Waals surface area contributed by atoms with Gasteiger partial charge < -0.3 is 14.5 Å². The van der Waals surface area contributed by atoms with Gasteiger partial charge in [0.2, 0.25) is 0 Å². The van der Waals surface area contributed by atoms with Crippen molar-refractivity contribution in [3.8, 4) is 11.3 Å². The molecule has 3 heterocycles. The molecule has 0 aliphatic carbocycles. The Morgan fingerprint density at radius 2 is 1.90 bits per heavy atom. The molecule has 4 rings (SSSR count). The van der Waals surface area contributed by atoms with Gasteiger partial charge in [0, 0.05) is 18.3 Å². The van der Waals surface area contributed by atoms with Crippen LogP contribution in [0, 0.1) is 0 Å². The van der Waals surface area contributed by atoms with Gasteiger partial charge in [-0.1, -0.05) is 36.4 Å². The smallest absolute Gasteiger partial charge is 0.272 e. The van der Waals surface area contributed by atoms with Crippen LogP contribution in [0.3, 0.4) is 0 Å². The lowest BCUT2D eigenvalue weighted by Crippen LogP contribution is -3.14. The molecule has 1 aliphatic heterocycles. The number of ether oxygens (including phenoxy) is 1. The fourth-order valence-corrected chi connectivity index (χ4v) is 3.60. The first-order chi connectivity index (χ1) is 14.3. The van der Waals surface area contributed by atoms with Crippen LogP contribution in [0.4, 0.5) is 0 Å². The summed E-state index contributed by atoms with van der Waals surface area (Å²) in [5.41, 5.74) is 3.47. The number of pyridine rings is 1. The average Bonchev–Trinajstić information content (AvgIpc) is 3.26. The van der Waals surface area contributed by atoms with Crippen LogP contribution < -0.4 is 4.90 Å². The Bertz CT molecular complexity index is 907. The molecular weight excluding hydrogens is 366 g/mol. The summed E-state index contributed by atoms with van der Waals surface area (Å²) < 4.78 is 5.45. The van der Waals surface area contributed by atoms with Gasteiger partial charge in [0.05, 0.1) is 38.2 Å². The van der Waals surface area contributed by atoms with Crippen molar-refractivity contribution < 1.29 is 14.4 Å². The second-order valence-corrected chi connectivity index (χ2v) is 7.19. The third-order valence-corrected chi connectivity index (χ3v) is 5.25. The lowest BCUT2D eigenvalue weighted by atomic mass is 10.1. The van der Waals surface area contributed by atoms with Gasteiger partial charge in [-0.3, -0.25) is 14.9 Å². The first-order valence-electron chi connectivity index (χ1n) is 10.0. The number of aromatic nitrogens is 3. The van der Waals surface area contributed by atoms with Gasteiger partial charge in [0.1, 0.15) is 18.8 Å². The molecule has 7 heteroatoms. The first-order valence-corrected chi connectivity index (χ1v) is 10.0. The summed E-state index contributed by atoms with van der Waals surface area (Å²) in [5.74, 6) is -0.0570. The van der Waals surface area contributed by atoms with Crippen molar-refractivity contribution in [2.45, 2.75) is 6.54 Å². The number of benzene rings is 1. The van der Waals surface area contributed by atoms with E-state index in [2.05, 4.69) is 15.2 Å². The molecule has 1 fully saturated rings. The average molecular weight is 392 g/mol. The predicted octanol–water partition coefficient (Wildman–Crippen LogP) is 1.03. The molecule has 1 saturated heterocycles. The monoisotopic (exact) mass is 392 g/mol. The van der Waals surface area contributed by atoms with Crippen molar-refractivity contribution in [2.24, 2.45) is 0 Å². The number of aromatic amines is 1. The van der Waals surface area contributed by atoms with Crippen LogP contribution in [0.25, 0.3) is 11.3 Å². The summed E-state index contributed by atoms with van der Waals surface area (Å²) in [6, 6.07) is 15.5. The number of H-pyrrole nitrogens is 1. The minimum atomic E-state index is -0.0570. The quantitative estimate of drug-likeness (QED) is 0.630. The van der Waals surface area contributed by atoms with Crippen LogP contribution in [-0.4, -0.2) is 65.4 Å². The fraction of sp³-hybridized carbons (Fsp3) is 0.318. The van der Waals surface area contributed by atoms with Crippen molar-refractivity contribution in [2.75, 3.05) is 39.4 Å². The van der Waals surface area contributed by atoms with Crippen LogP contribution in [0.2, 0.25) is 0 Å². The molecule has 0 unspecified atom stereocenters. The molecule has 0 radical (unpaired) electrons. The molecule has 1 amide bonds. The van der Waals surface area contributed by atoms with E-state index in [-0.39, 0.29) is 5.91 Å². The molecule has 7 nitrogen and oxygen atoms in total. The van der Waals surface area contributed by atoms with Gasteiger partial charge >= 0.3 is 0 Å². The van der Waals surface area contributed by atoms with E-state index in [1.807, 2.05) is 53.6 Å². The summed E-state index contributed by atoms with van der Waals surface area (Å²) in [6.45, 7) is 5.55. The van der Waals surface area contributed by atoms with E-state index >= 15 is 0 Å². The van der Waals surface area contributed by atoms with Crippen molar-refractivity contribution >= 4 is 5.91 Å². The highest BCUT2D eigenvalue weighted by molar-refractivity contribution is 5.92. The van der Waals surface area contributed by atoms with E-state index < -0.39 is 0 Å². The number of quaternary nitrogens is 1. The van der Waals surface area contributed by atoms with E-state index in [1.165, 1.54) is 4.90 Å². The number of nitrogens with zero attached hydrogens (tertiary/aromatic N) is 3. The Morgan fingerprint density at radius 3 is 2.66 bits per heavy atom. The lowest BCUT2D eigenvalue weighted by molar-refractivity contribution is -0.907. The molecule has 0 bridgehead atoms. The summed E-state index contributed by atoms with van der Waals surface area (Å²) in [7, 11) is 0. The van der Waals surface area contributed by atoms with Crippen LogP contribution in [0.5, 0.6) is 0 Å². The molecule has 150 valence electrons. The molecular formula is C22H26N5O2+. The molecule has 0 atom stereocenters. The number of hydrogen-bond acceptors (Lipinski definition) is 4. The maximum atomic E-state index is 13.2. The maximum Gasteiger partial charge on any atom is 0.272 e. The third kappa shape index (κ3) is 4.88. The normalized spacial score (nSPS) is 14.6. The van der Waals surface area contributed by atoms with Crippen LogP contribution >= 0.6 is 0 Å². The van der Waals surface area contributed by atoms with Gasteiger partial charge in [-0.15, -0.1) is 0 Å². The SMILES string of the molecule is O=C(c1ccccn1)N(CC[NH+]1CCOCC1)Cc1cn[nH]c1-c1ccccc1. The number of carbonyl (C=O) groups is 1. The minimum absolute atomic E-state index is 0.0570. The van der Waals surface area contributed by atoms with Gasteiger partial charge in [-0.25, -0.2) is 0 Å². The zero-order chi connectivity index (χ0) is 19.9. The number of morpholine rings is 1. The van der Waals surface area contributed by atoms with Crippen LogP contribution in [0.15, 0.2) is 60.9 Å². The van der Waals surface area contributed by atoms with E-state index in [0.29, 0.717) is 18.8 Å². The standard InChI is InChI=1S/C22H25N5O2/c28-22(20-8-4-5-9-23-20)27(11-10-26-12-14-29-15-13-26)17-19-16-24-25-21(19)18-6-2-1-3-7-18/h1-9,16H,10-15,17H2,(H,24,25)/p+1. The summed E-state index contributed by atoms with van der Waals surface area (Å²) >= 11 is 0. The van der Waals surface area contributed by atoms with Gasteiger partial charge in [0.25, 0.3) is 5.91 Å². The third-order valence-electron chi connectivity index (χ3n) is 5.25. The summed E-state index contributed by atoms with van der Waals surface area (Å²) in [5, 5.41) is 7.32. The Morgan fingerprint density at radius 1 is 1.10 bits per heavy atom. The number of amides is 1. The Kier molecular flexibility index (Phi) is 6.29. The van der Waals surface area contributed by atoms with E-state index in [9.17, 15) is 4.79 Å². The van der Waals surface area contributed by atoms with Gasteiger partial charge in [-0.05, 0) is 17.7 Å². The molecule has 1 aromatic carbocycles. The van der Waals surface area contributed by atoms with E-state index in [1.54, 1.807) is 12.3 Å². The topological polar surface area (TPSA) is 75.6 Å². The highest BCUT2D eigenvalue weighted by Crippen LogP contribution is 2.22. The maximum absolute atomic E-state index is 13.2. The van der Waals surface area contributed by atoms with Gasteiger partial charge in [-0.2, -0.15) is 5.10 Å². The van der Waals surface area contributed by atoms with E-state index in [4.69, 9.17) is 4.74 Å². The molecule has 2 N–H and O–H groups in total. The second-order valence-electron chi connectivity index (χ2n) is 7.19. The molecule has 0 spiro atoms. The van der Waals surface area contributed by atoms with Crippen LogP contribution in [0.1, 0.15) is 16.1 Å². The highest BCUT2D eigenvalue weighted by Gasteiger charge is 2.22. The van der Waals surface area contributed by atoms with Crippen molar-refractivity contribution in [3.05, 3.63) is 72.2 Å². The first kappa shape index (κ1) is 19.3. The Balaban J connectivity index is 1.54. The van der Waals surface area contributed by atoms with Crippen molar-refractivity contribution in [1.29, 1.82) is 0 Å². The van der Waals surface area contributed by atoms with Gasteiger partial charge in [0.15, 0.2) is 0 Å². The number of hydrogen-bond donors (Lipinski definition) is 2. The van der Waals surface area contributed by atoms with Crippen LogP contribution in [-0.2, 0) is 11.3 Å². The molecule has 2 aromatic heterocycles. The zero-order valence-electron chi connectivity index (χ0n) is 16.4. The fourth-order valence-electron chi connectivity index (χ4n) is 3.60. The van der Waals surface area contributed by atoms with Crippen molar-refractivity contribution in [3.63, 3.8) is 0 Å². The molecule has 3 aromatic rings. The number of rotatable bonds is 7. The minimum Gasteiger partial charge on any atom is -0.370 e. The summed E-state index contributed by atoms with van der Waals surface area (Å²) in [4.78, 5) is 20.8. The Labute approximate surface area is 170 Å². The van der Waals surface area contributed by atoms with E-state index in [0.717, 1.165) is 49.7 Å². The summed E-state index contributed by atoms with van der Waals surface area (Å²) in [6.07, 6.45) is 3.47. The number of carbonyl (C=O) groups excluding carboxylic acids is 1. The zero-order valence-corrected chi connectivity index (χ0v) is 16.4.